The van der Waals surface area contributed by atoms with Gasteiger partial charge in [0.25, 0.3) is 0 Å². The molecule has 0 aliphatic rings. The smallest absolute Gasteiger partial charge is 0.0708 e. The van der Waals surface area contributed by atoms with E-state index >= 15 is 0 Å². The van der Waals surface area contributed by atoms with E-state index in [4.69, 9.17) is 0 Å². The Labute approximate surface area is 220 Å². The summed E-state index contributed by atoms with van der Waals surface area (Å²) >= 11 is 0. The largest absolute Gasteiger partial charge is 0.264 e. The molecule has 2 aromatic heterocycles. The van der Waals surface area contributed by atoms with Crippen LogP contribution in [0.1, 0.15) is 0 Å². The van der Waals surface area contributed by atoms with E-state index < -0.39 is 0 Å². The van der Waals surface area contributed by atoms with Crippen molar-refractivity contribution >= 4 is 43.2 Å². The van der Waals surface area contributed by atoms with Gasteiger partial charge >= 0.3 is 0 Å². The summed E-state index contributed by atoms with van der Waals surface area (Å²) in [6.07, 6.45) is 5.58. The molecule has 0 saturated carbocycles. The average molecular weight is 483 g/mol. The van der Waals surface area contributed by atoms with Crippen LogP contribution in [0.5, 0.6) is 0 Å². The Kier molecular flexibility index (Phi) is 4.55. The van der Waals surface area contributed by atoms with Crippen molar-refractivity contribution in [2.24, 2.45) is 0 Å². The minimum atomic E-state index is 1.02. The molecule has 2 nitrogen and oxygen atoms in total. The molecule has 176 valence electrons. The second-order valence-electron chi connectivity index (χ2n) is 9.84. The molecule has 8 aromatic rings. The topological polar surface area (TPSA) is 25.8 Å². The van der Waals surface area contributed by atoms with Gasteiger partial charge in [0, 0.05) is 24.0 Å². The van der Waals surface area contributed by atoms with Gasteiger partial charge in [0.2, 0.25) is 0 Å². The van der Waals surface area contributed by atoms with Crippen LogP contribution in [0.15, 0.2) is 134 Å². The van der Waals surface area contributed by atoms with Crippen molar-refractivity contribution in [3.63, 3.8) is 0 Å². The summed E-state index contributed by atoms with van der Waals surface area (Å²) in [5.74, 6) is 0. The van der Waals surface area contributed by atoms with Gasteiger partial charge in [-0.25, -0.2) is 0 Å². The molecule has 0 spiro atoms. The number of rotatable bonds is 3. The van der Waals surface area contributed by atoms with Gasteiger partial charge < -0.3 is 0 Å². The lowest BCUT2D eigenvalue weighted by Crippen LogP contribution is -1.90. The Morgan fingerprint density at radius 2 is 1.05 bits per heavy atom. The first kappa shape index (κ1) is 21.0. The van der Waals surface area contributed by atoms with E-state index in [2.05, 4.69) is 113 Å². The standard InChI is InChI=1S/C36H22N2/c1-5-29(31-6-3-21-38-34(31)7-1)30-17-15-26-13-12-25-14-16-28(32-18-19-33(30)36(26)35(25)32)24-10-8-23(9-11-24)27-4-2-20-37-22-27/h1-22H. The zero-order valence-corrected chi connectivity index (χ0v) is 20.6. The zero-order chi connectivity index (χ0) is 25.1. The average Bonchev–Trinajstić information content (AvgIpc) is 3.00. The number of aromatic nitrogens is 2. The Balaban J connectivity index is 1.36. The summed E-state index contributed by atoms with van der Waals surface area (Å²) in [4.78, 5) is 8.87. The minimum absolute atomic E-state index is 1.02. The highest BCUT2D eigenvalue weighted by Crippen LogP contribution is 2.43. The molecule has 0 radical (unpaired) electrons. The highest BCUT2D eigenvalue weighted by molar-refractivity contribution is 6.28. The Bertz CT molecular complexity index is 2100. The zero-order valence-electron chi connectivity index (χ0n) is 20.6. The Morgan fingerprint density at radius 3 is 1.82 bits per heavy atom. The molecule has 2 heterocycles. The lowest BCUT2D eigenvalue weighted by Gasteiger charge is -2.17. The summed E-state index contributed by atoms with van der Waals surface area (Å²) in [6, 6.07) is 41.7. The third-order valence-electron chi connectivity index (χ3n) is 7.79. The van der Waals surface area contributed by atoms with Gasteiger partial charge in [-0.2, -0.15) is 0 Å². The number of hydrogen-bond acceptors (Lipinski definition) is 2. The Morgan fingerprint density at radius 1 is 0.395 bits per heavy atom. The molecule has 0 aliphatic heterocycles. The van der Waals surface area contributed by atoms with Crippen molar-refractivity contribution < 1.29 is 0 Å². The lowest BCUT2D eigenvalue weighted by molar-refractivity contribution is 1.33. The molecule has 0 fully saturated rings. The number of nitrogens with zero attached hydrogens (tertiary/aromatic N) is 2. The van der Waals surface area contributed by atoms with E-state index in [1.165, 1.54) is 65.5 Å². The van der Waals surface area contributed by atoms with Crippen molar-refractivity contribution in [1.82, 2.24) is 9.97 Å². The van der Waals surface area contributed by atoms with Crippen LogP contribution in [-0.2, 0) is 0 Å². The predicted octanol–water partition coefficient (Wildman–Crippen LogP) is 9.53. The number of hydrogen-bond donors (Lipinski definition) is 0. The first-order valence-electron chi connectivity index (χ1n) is 12.9. The fourth-order valence-corrected chi connectivity index (χ4v) is 6.00. The van der Waals surface area contributed by atoms with Gasteiger partial charge in [0.1, 0.15) is 0 Å². The van der Waals surface area contributed by atoms with Crippen LogP contribution < -0.4 is 0 Å². The third kappa shape index (κ3) is 3.14. The SMILES string of the molecule is c1cncc(-c2ccc(-c3ccc4ccc5ccc(-c6cccc7ncccc67)c6ccc3c4c56)cc2)c1. The number of fused-ring (bicyclic) bond motifs is 1. The molecule has 0 bridgehead atoms. The van der Waals surface area contributed by atoms with Gasteiger partial charge in [-0.1, -0.05) is 97.1 Å². The molecule has 6 aromatic carbocycles. The fourth-order valence-electron chi connectivity index (χ4n) is 6.00. The second-order valence-corrected chi connectivity index (χ2v) is 9.84. The first-order valence-corrected chi connectivity index (χ1v) is 12.9. The van der Waals surface area contributed by atoms with Gasteiger partial charge in [0.15, 0.2) is 0 Å². The summed E-state index contributed by atoms with van der Waals surface area (Å²) in [6.45, 7) is 0. The molecule has 0 atom stereocenters. The molecule has 38 heavy (non-hydrogen) atoms. The quantitative estimate of drug-likeness (QED) is 0.234. The monoisotopic (exact) mass is 482 g/mol. The maximum absolute atomic E-state index is 4.60. The van der Waals surface area contributed by atoms with Crippen molar-refractivity contribution in [3.05, 3.63) is 134 Å². The van der Waals surface area contributed by atoms with E-state index in [-0.39, 0.29) is 0 Å². The van der Waals surface area contributed by atoms with Gasteiger partial charge in [-0.05, 0) is 83.9 Å². The van der Waals surface area contributed by atoms with Crippen LogP contribution in [0.4, 0.5) is 0 Å². The van der Waals surface area contributed by atoms with Crippen LogP contribution in [-0.4, -0.2) is 9.97 Å². The van der Waals surface area contributed by atoms with E-state index in [1.807, 2.05) is 30.7 Å². The van der Waals surface area contributed by atoms with Crippen molar-refractivity contribution in [2.75, 3.05) is 0 Å². The maximum atomic E-state index is 4.60. The van der Waals surface area contributed by atoms with E-state index in [1.54, 1.807) is 0 Å². The molecular weight excluding hydrogens is 460 g/mol. The van der Waals surface area contributed by atoms with Crippen molar-refractivity contribution in [3.8, 4) is 33.4 Å². The van der Waals surface area contributed by atoms with E-state index in [0.717, 1.165) is 11.1 Å². The fraction of sp³-hybridized carbons (Fsp3) is 0. The van der Waals surface area contributed by atoms with E-state index in [0.29, 0.717) is 0 Å². The van der Waals surface area contributed by atoms with Gasteiger partial charge in [-0.15, -0.1) is 0 Å². The Hall–Kier alpha value is -5.08. The number of benzene rings is 6. The highest BCUT2D eigenvalue weighted by atomic mass is 14.6. The molecule has 0 saturated heterocycles. The summed E-state index contributed by atoms with van der Waals surface area (Å²) in [5, 5.41) is 8.93. The molecule has 0 N–H and O–H groups in total. The lowest BCUT2D eigenvalue weighted by atomic mass is 9.86. The highest BCUT2D eigenvalue weighted by Gasteiger charge is 2.16. The van der Waals surface area contributed by atoms with Crippen LogP contribution in [0.25, 0.3) is 76.6 Å². The molecule has 0 amide bonds. The summed E-state index contributed by atoms with van der Waals surface area (Å²) in [7, 11) is 0. The molecule has 0 aliphatic carbocycles. The predicted molar refractivity (Wildman–Crippen MR) is 160 cm³/mol. The molecular formula is C36H22N2. The van der Waals surface area contributed by atoms with Gasteiger partial charge in [-0.3, -0.25) is 9.97 Å². The van der Waals surface area contributed by atoms with Gasteiger partial charge in [0.05, 0.1) is 5.52 Å². The van der Waals surface area contributed by atoms with Crippen molar-refractivity contribution in [2.45, 2.75) is 0 Å². The molecule has 2 heteroatoms. The maximum Gasteiger partial charge on any atom is 0.0708 e. The van der Waals surface area contributed by atoms with Crippen LogP contribution in [0, 0.1) is 0 Å². The summed E-state index contributed by atoms with van der Waals surface area (Å²) in [5.41, 5.74) is 8.27. The van der Waals surface area contributed by atoms with Crippen LogP contribution in [0.2, 0.25) is 0 Å². The molecule has 0 unspecified atom stereocenters. The van der Waals surface area contributed by atoms with E-state index in [9.17, 15) is 0 Å². The van der Waals surface area contributed by atoms with Crippen molar-refractivity contribution in [1.29, 1.82) is 0 Å². The summed E-state index contributed by atoms with van der Waals surface area (Å²) < 4.78 is 0. The molecule has 8 rings (SSSR count). The first-order chi connectivity index (χ1) is 18.8. The van der Waals surface area contributed by atoms with Crippen LogP contribution in [0.3, 0.4) is 0 Å². The minimum Gasteiger partial charge on any atom is -0.264 e. The second kappa shape index (κ2) is 8.22. The number of pyridine rings is 2. The van der Waals surface area contributed by atoms with Crippen LogP contribution >= 0.6 is 0 Å². The normalized spacial score (nSPS) is 11.7. The third-order valence-corrected chi connectivity index (χ3v) is 7.79.